The monoisotopic (exact) mass is 204 g/mol. The number of aromatic nitrogens is 2. The first kappa shape index (κ1) is 9.09. The number of rotatable bonds is 1. The highest BCUT2D eigenvalue weighted by Crippen LogP contribution is 2.27. The highest BCUT2D eigenvalue weighted by molar-refractivity contribution is 5.49. The van der Waals surface area contributed by atoms with Crippen LogP contribution in [0.3, 0.4) is 0 Å². The van der Waals surface area contributed by atoms with Gasteiger partial charge in [0.1, 0.15) is 12.1 Å². The van der Waals surface area contributed by atoms with Gasteiger partial charge in [0.2, 0.25) is 0 Å². The number of nitrogens with zero attached hydrogens (tertiary/aromatic N) is 3. The van der Waals surface area contributed by atoms with Gasteiger partial charge in [-0.2, -0.15) is 0 Å². The third-order valence-electron chi connectivity index (χ3n) is 3.53. The lowest BCUT2D eigenvalue weighted by molar-refractivity contribution is 0.225. The summed E-state index contributed by atoms with van der Waals surface area (Å²) in [5.74, 6) is 1.12. The molecule has 3 saturated heterocycles. The molecule has 2 unspecified atom stereocenters. The van der Waals surface area contributed by atoms with Crippen LogP contribution in [-0.2, 0) is 0 Å². The fourth-order valence-electron chi connectivity index (χ4n) is 2.53. The Balaban J connectivity index is 1.89. The molecule has 80 valence electrons. The Bertz CT molecular complexity index is 374. The molecule has 0 spiro atoms. The van der Waals surface area contributed by atoms with Crippen molar-refractivity contribution < 1.29 is 0 Å². The zero-order chi connectivity index (χ0) is 10.4. The maximum Gasteiger partial charge on any atom is 0.135 e. The number of piperazine rings is 1. The lowest BCUT2D eigenvalue weighted by Gasteiger charge is -2.49. The van der Waals surface area contributed by atoms with Gasteiger partial charge in [-0.1, -0.05) is 0 Å². The number of nitrogens with one attached hydrogen (secondary N) is 1. The first-order valence-electron chi connectivity index (χ1n) is 5.53. The van der Waals surface area contributed by atoms with Crippen LogP contribution in [0, 0.1) is 13.8 Å². The van der Waals surface area contributed by atoms with Gasteiger partial charge in [-0.25, -0.2) is 9.97 Å². The Kier molecular flexibility index (Phi) is 1.92. The largest absolute Gasteiger partial charge is 0.353 e. The molecule has 1 aromatic rings. The molecular weight excluding hydrogens is 188 g/mol. The van der Waals surface area contributed by atoms with Crippen molar-refractivity contribution in [1.82, 2.24) is 15.3 Å². The first-order chi connectivity index (χ1) is 7.24. The van der Waals surface area contributed by atoms with Gasteiger partial charge in [-0.05, 0) is 20.3 Å². The van der Waals surface area contributed by atoms with E-state index >= 15 is 0 Å². The molecule has 0 radical (unpaired) electrons. The predicted octanol–water partition coefficient (Wildman–Crippen LogP) is 0.644. The molecule has 2 bridgehead atoms. The smallest absolute Gasteiger partial charge is 0.135 e. The van der Waals surface area contributed by atoms with Gasteiger partial charge in [0, 0.05) is 36.4 Å². The summed E-state index contributed by atoms with van der Waals surface area (Å²) in [6.45, 7) is 6.34. The summed E-state index contributed by atoms with van der Waals surface area (Å²) in [5, 5.41) is 3.53. The third-order valence-corrected chi connectivity index (χ3v) is 3.53. The quantitative estimate of drug-likeness (QED) is 0.729. The van der Waals surface area contributed by atoms with Crippen molar-refractivity contribution in [2.45, 2.75) is 32.4 Å². The van der Waals surface area contributed by atoms with E-state index in [0.717, 1.165) is 24.6 Å². The fraction of sp³-hybridized carbons (Fsp3) is 0.636. The predicted molar refractivity (Wildman–Crippen MR) is 59.0 cm³/mol. The molecular formula is C11H16N4. The Morgan fingerprint density at radius 2 is 1.93 bits per heavy atom. The standard InChI is InChI=1S/C11H16N4/c1-7-8(2)12-6-13-11(7)15-4-9-3-10(5-15)14-9/h6,9-10,14H,3-5H2,1-2H3. The first-order valence-corrected chi connectivity index (χ1v) is 5.53. The average molecular weight is 204 g/mol. The van der Waals surface area contributed by atoms with Crippen molar-refractivity contribution in [3.63, 3.8) is 0 Å². The second-order valence-electron chi connectivity index (χ2n) is 4.61. The molecule has 1 aromatic heterocycles. The molecule has 0 aliphatic carbocycles. The number of hydrogen-bond acceptors (Lipinski definition) is 4. The van der Waals surface area contributed by atoms with Crippen LogP contribution in [0.15, 0.2) is 6.33 Å². The minimum Gasteiger partial charge on any atom is -0.353 e. The summed E-state index contributed by atoms with van der Waals surface area (Å²) < 4.78 is 0. The van der Waals surface area contributed by atoms with Crippen molar-refractivity contribution in [2.24, 2.45) is 0 Å². The van der Waals surface area contributed by atoms with Gasteiger partial charge in [0.25, 0.3) is 0 Å². The van der Waals surface area contributed by atoms with Crippen molar-refractivity contribution >= 4 is 5.82 Å². The van der Waals surface area contributed by atoms with Crippen molar-refractivity contribution in [2.75, 3.05) is 18.0 Å². The maximum atomic E-state index is 4.40. The van der Waals surface area contributed by atoms with Crippen LogP contribution < -0.4 is 10.2 Å². The zero-order valence-electron chi connectivity index (χ0n) is 9.20. The van der Waals surface area contributed by atoms with Crippen LogP contribution in [0.5, 0.6) is 0 Å². The molecule has 3 aliphatic heterocycles. The number of aryl methyl sites for hydroxylation is 1. The van der Waals surface area contributed by atoms with E-state index in [-0.39, 0.29) is 0 Å². The molecule has 15 heavy (non-hydrogen) atoms. The van der Waals surface area contributed by atoms with Crippen molar-refractivity contribution in [3.05, 3.63) is 17.6 Å². The van der Waals surface area contributed by atoms with Crippen LogP contribution in [-0.4, -0.2) is 35.1 Å². The zero-order valence-corrected chi connectivity index (χ0v) is 9.20. The van der Waals surface area contributed by atoms with Crippen LogP contribution in [0.1, 0.15) is 17.7 Å². The number of hydrogen-bond donors (Lipinski definition) is 1. The molecule has 0 aromatic carbocycles. The molecule has 4 heterocycles. The fourth-order valence-corrected chi connectivity index (χ4v) is 2.53. The van der Waals surface area contributed by atoms with Gasteiger partial charge >= 0.3 is 0 Å². The second kappa shape index (κ2) is 3.17. The Morgan fingerprint density at radius 3 is 2.60 bits per heavy atom. The summed E-state index contributed by atoms with van der Waals surface area (Å²) in [4.78, 5) is 11.0. The Hall–Kier alpha value is -1.16. The van der Waals surface area contributed by atoms with Gasteiger partial charge in [0.05, 0.1) is 0 Å². The Morgan fingerprint density at radius 1 is 1.27 bits per heavy atom. The molecule has 3 fully saturated rings. The van der Waals surface area contributed by atoms with E-state index in [1.807, 2.05) is 6.92 Å². The maximum absolute atomic E-state index is 4.40. The molecule has 3 aliphatic rings. The summed E-state index contributed by atoms with van der Waals surface area (Å²) in [6.07, 6.45) is 3.00. The van der Waals surface area contributed by atoms with Crippen molar-refractivity contribution in [3.8, 4) is 0 Å². The summed E-state index contributed by atoms with van der Waals surface area (Å²) in [5.41, 5.74) is 2.31. The molecule has 2 atom stereocenters. The van der Waals surface area contributed by atoms with Gasteiger partial charge < -0.3 is 10.2 Å². The normalized spacial score (nSPS) is 28.8. The van der Waals surface area contributed by atoms with Gasteiger partial charge in [0.15, 0.2) is 0 Å². The highest BCUT2D eigenvalue weighted by Gasteiger charge is 2.37. The number of anilines is 1. The molecule has 0 amide bonds. The average Bonchev–Trinajstić information content (AvgIpc) is 2.21. The molecule has 4 heteroatoms. The van der Waals surface area contributed by atoms with E-state index in [0.29, 0.717) is 12.1 Å². The Labute approximate surface area is 89.7 Å². The van der Waals surface area contributed by atoms with Crippen LogP contribution in [0.4, 0.5) is 5.82 Å². The lowest BCUT2D eigenvalue weighted by atomic mass is 9.91. The van der Waals surface area contributed by atoms with E-state index in [4.69, 9.17) is 0 Å². The molecule has 4 nitrogen and oxygen atoms in total. The third kappa shape index (κ3) is 1.40. The molecule has 4 rings (SSSR count). The van der Waals surface area contributed by atoms with E-state index < -0.39 is 0 Å². The van der Waals surface area contributed by atoms with Crippen LogP contribution in [0.25, 0.3) is 0 Å². The minimum absolute atomic E-state index is 0.679. The molecule has 1 N–H and O–H groups in total. The highest BCUT2D eigenvalue weighted by atomic mass is 15.3. The van der Waals surface area contributed by atoms with Gasteiger partial charge in [-0.3, -0.25) is 0 Å². The number of piperidine rings is 1. The summed E-state index contributed by atoms with van der Waals surface area (Å²) in [6, 6.07) is 1.36. The van der Waals surface area contributed by atoms with E-state index in [1.165, 1.54) is 12.0 Å². The van der Waals surface area contributed by atoms with E-state index in [1.54, 1.807) is 6.33 Å². The van der Waals surface area contributed by atoms with E-state index in [2.05, 4.69) is 27.1 Å². The van der Waals surface area contributed by atoms with Crippen LogP contribution >= 0.6 is 0 Å². The summed E-state index contributed by atoms with van der Waals surface area (Å²) >= 11 is 0. The minimum atomic E-state index is 0.679. The lowest BCUT2D eigenvalue weighted by Crippen LogP contribution is -2.67. The second-order valence-corrected chi connectivity index (χ2v) is 4.61. The SMILES string of the molecule is Cc1ncnc(N2CC3CC(C2)N3)c1C. The van der Waals surface area contributed by atoms with Gasteiger partial charge in [-0.15, -0.1) is 0 Å². The van der Waals surface area contributed by atoms with E-state index in [9.17, 15) is 0 Å². The molecule has 0 saturated carbocycles. The topological polar surface area (TPSA) is 41.1 Å². The number of fused-ring (bicyclic) bond motifs is 2. The van der Waals surface area contributed by atoms with Crippen LogP contribution in [0.2, 0.25) is 0 Å². The summed E-state index contributed by atoms with van der Waals surface area (Å²) in [7, 11) is 0. The van der Waals surface area contributed by atoms with Crippen molar-refractivity contribution in [1.29, 1.82) is 0 Å².